The second-order valence-corrected chi connectivity index (χ2v) is 6.13. The van der Waals surface area contributed by atoms with Gasteiger partial charge in [-0.2, -0.15) is 0 Å². The van der Waals surface area contributed by atoms with Crippen LogP contribution in [0.3, 0.4) is 0 Å². The van der Waals surface area contributed by atoms with Gasteiger partial charge in [0.1, 0.15) is 0 Å². The lowest BCUT2D eigenvalue weighted by Crippen LogP contribution is -2.22. The fraction of sp³-hybridized carbons (Fsp3) is 0.909. The van der Waals surface area contributed by atoms with E-state index in [-0.39, 0.29) is 0 Å². The van der Waals surface area contributed by atoms with Crippen LogP contribution in [0.5, 0.6) is 0 Å². The van der Waals surface area contributed by atoms with Crippen molar-refractivity contribution in [3.8, 4) is 0 Å². The third-order valence-corrected chi connectivity index (χ3v) is 3.86. The van der Waals surface area contributed by atoms with Gasteiger partial charge < -0.3 is 5.32 Å². The zero-order valence-corrected chi connectivity index (χ0v) is 9.94. The van der Waals surface area contributed by atoms with Crippen LogP contribution >= 0.6 is 11.8 Å². The first-order valence-corrected chi connectivity index (χ1v) is 6.57. The lowest BCUT2D eigenvalue weighted by Gasteiger charge is -2.10. The first-order chi connectivity index (χ1) is 6.74. The molecule has 80 valence electrons. The average molecular weight is 212 g/mol. The maximum atomic E-state index is 4.54. The van der Waals surface area contributed by atoms with Crippen LogP contribution in [0.1, 0.15) is 33.1 Å². The second kappa shape index (κ2) is 4.56. The number of rotatable bonds is 4. The first-order valence-electron chi connectivity index (χ1n) is 5.69. The zero-order chi connectivity index (χ0) is 9.97. The Balaban J connectivity index is 1.64. The molecule has 1 fully saturated rings. The molecule has 1 aliphatic carbocycles. The van der Waals surface area contributed by atoms with E-state index in [1.807, 2.05) is 11.8 Å². The van der Waals surface area contributed by atoms with Gasteiger partial charge in [-0.05, 0) is 31.1 Å². The first kappa shape index (κ1) is 10.3. The largest absolute Gasteiger partial charge is 0.365 e. The average Bonchev–Trinajstić information content (AvgIpc) is 2.84. The highest BCUT2D eigenvalue weighted by molar-refractivity contribution is 8.14. The van der Waals surface area contributed by atoms with Crippen molar-refractivity contribution in [1.29, 1.82) is 0 Å². The monoisotopic (exact) mass is 212 g/mol. The standard InChI is InChI=1S/C11H20N2S/c1-8(2)5-10-7-13-11(14-10)12-6-9-3-4-9/h8-10H,3-7H2,1-2H3,(H,12,13). The van der Waals surface area contributed by atoms with Gasteiger partial charge in [-0.1, -0.05) is 25.6 Å². The molecular formula is C11H20N2S. The summed E-state index contributed by atoms with van der Waals surface area (Å²) in [6.07, 6.45) is 4.13. The van der Waals surface area contributed by atoms with E-state index in [0.717, 1.165) is 30.2 Å². The van der Waals surface area contributed by atoms with Gasteiger partial charge in [0, 0.05) is 11.8 Å². The van der Waals surface area contributed by atoms with Crippen molar-refractivity contribution >= 4 is 16.9 Å². The van der Waals surface area contributed by atoms with E-state index >= 15 is 0 Å². The van der Waals surface area contributed by atoms with E-state index < -0.39 is 0 Å². The van der Waals surface area contributed by atoms with Gasteiger partial charge in [0.15, 0.2) is 5.17 Å². The Morgan fingerprint density at radius 1 is 1.50 bits per heavy atom. The molecule has 1 aliphatic heterocycles. The van der Waals surface area contributed by atoms with E-state index in [4.69, 9.17) is 0 Å². The van der Waals surface area contributed by atoms with Gasteiger partial charge >= 0.3 is 0 Å². The van der Waals surface area contributed by atoms with Crippen LogP contribution in [0.4, 0.5) is 0 Å². The van der Waals surface area contributed by atoms with Crippen molar-refractivity contribution < 1.29 is 0 Å². The molecule has 2 rings (SSSR count). The Labute approximate surface area is 90.9 Å². The third kappa shape index (κ3) is 3.19. The fourth-order valence-electron chi connectivity index (χ4n) is 1.72. The molecule has 14 heavy (non-hydrogen) atoms. The molecule has 0 spiro atoms. The quantitative estimate of drug-likeness (QED) is 0.774. The molecular weight excluding hydrogens is 192 g/mol. The van der Waals surface area contributed by atoms with E-state index in [1.165, 1.54) is 24.4 Å². The molecule has 2 nitrogen and oxygen atoms in total. The van der Waals surface area contributed by atoms with Crippen molar-refractivity contribution in [3.63, 3.8) is 0 Å². The molecule has 0 radical (unpaired) electrons. The van der Waals surface area contributed by atoms with Crippen molar-refractivity contribution in [3.05, 3.63) is 0 Å². The van der Waals surface area contributed by atoms with Crippen molar-refractivity contribution in [1.82, 2.24) is 5.32 Å². The molecule has 1 saturated carbocycles. The third-order valence-electron chi connectivity index (χ3n) is 2.69. The highest BCUT2D eigenvalue weighted by atomic mass is 32.2. The molecule has 0 saturated heterocycles. The summed E-state index contributed by atoms with van der Waals surface area (Å²) in [5.41, 5.74) is 0. The van der Waals surface area contributed by atoms with Gasteiger partial charge in [-0.25, -0.2) is 0 Å². The second-order valence-electron chi connectivity index (χ2n) is 4.84. The highest BCUT2D eigenvalue weighted by Crippen LogP contribution is 2.29. The van der Waals surface area contributed by atoms with Crippen LogP contribution in [0.25, 0.3) is 0 Å². The zero-order valence-electron chi connectivity index (χ0n) is 9.12. The molecule has 0 aromatic carbocycles. The molecule has 3 heteroatoms. The lowest BCUT2D eigenvalue weighted by atomic mass is 10.1. The van der Waals surface area contributed by atoms with Crippen LogP contribution in [0, 0.1) is 11.8 Å². The number of hydrogen-bond donors (Lipinski definition) is 1. The molecule has 1 unspecified atom stereocenters. The smallest absolute Gasteiger partial charge is 0.156 e. The topological polar surface area (TPSA) is 24.4 Å². The molecule has 0 aromatic rings. The predicted octanol–water partition coefficient (Wildman–Crippen LogP) is 2.50. The minimum atomic E-state index is 0.733. The van der Waals surface area contributed by atoms with Crippen LogP contribution in [-0.2, 0) is 0 Å². The summed E-state index contributed by atoms with van der Waals surface area (Å²) < 4.78 is 0. The normalized spacial score (nSPS) is 26.8. The minimum Gasteiger partial charge on any atom is -0.365 e. The van der Waals surface area contributed by atoms with Crippen molar-refractivity contribution in [2.24, 2.45) is 16.8 Å². The summed E-state index contributed by atoms with van der Waals surface area (Å²) in [5.74, 6) is 1.74. The fourth-order valence-corrected chi connectivity index (χ4v) is 2.98. The Kier molecular flexibility index (Phi) is 3.37. The van der Waals surface area contributed by atoms with Gasteiger partial charge in [-0.3, -0.25) is 4.99 Å². The van der Waals surface area contributed by atoms with E-state index in [1.54, 1.807) is 0 Å². The Hall–Kier alpha value is -0.180. The van der Waals surface area contributed by atoms with E-state index in [2.05, 4.69) is 24.2 Å². The van der Waals surface area contributed by atoms with Crippen LogP contribution in [0.2, 0.25) is 0 Å². The van der Waals surface area contributed by atoms with Gasteiger partial charge in [0.05, 0.1) is 6.54 Å². The van der Waals surface area contributed by atoms with Crippen LogP contribution in [-0.4, -0.2) is 23.5 Å². The summed E-state index contributed by atoms with van der Waals surface area (Å²) in [6, 6.07) is 0. The SMILES string of the molecule is CC(C)CC1CN=C(NCC2CC2)S1. The summed E-state index contributed by atoms with van der Waals surface area (Å²) >= 11 is 1.95. The summed E-state index contributed by atoms with van der Waals surface area (Å²) in [6.45, 7) is 6.75. The van der Waals surface area contributed by atoms with Crippen molar-refractivity contribution in [2.75, 3.05) is 13.1 Å². The minimum absolute atomic E-state index is 0.733. The number of amidine groups is 1. The Morgan fingerprint density at radius 3 is 2.93 bits per heavy atom. The number of nitrogens with one attached hydrogen (secondary N) is 1. The maximum absolute atomic E-state index is 4.54. The Bertz CT molecular complexity index is 221. The molecule has 0 amide bonds. The molecule has 2 aliphatic rings. The number of hydrogen-bond acceptors (Lipinski definition) is 3. The molecule has 0 aromatic heterocycles. The van der Waals surface area contributed by atoms with Gasteiger partial charge in [0.25, 0.3) is 0 Å². The van der Waals surface area contributed by atoms with Gasteiger partial charge in [0.2, 0.25) is 0 Å². The number of nitrogens with zero attached hydrogens (tertiary/aromatic N) is 1. The number of aliphatic imine (C=N–C) groups is 1. The summed E-state index contributed by atoms with van der Waals surface area (Å²) in [7, 11) is 0. The summed E-state index contributed by atoms with van der Waals surface area (Å²) in [5, 5.41) is 5.39. The van der Waals surface area contributed by atoms with Crippen LogP contribution in [0.15, 0.2) is 4.99 Å². The van der Waals surface area contributed by atoms with Crippen molar-refractivity contribution in [2.45, 2.75) is 38.4 Å². The highest BCUT2D eigenvalue weighted by Gasteiger charge is 2.24. The lowest BCUT2D eigenvalue weighted by molar-refractivity contribution is 0.575. The van der Waals surface area contributed by atoms with Gasteiger partial charge in [-0.15, -0.1) is 0 Å². The molecule has 1 N–H and O–H groups in total. The summed E-state index contributed by atoms with van der Waals surface area (Å²) in [4.78, 5) is 4.54. The number of thioether (sulfide) groups is 1. The predicted molar refractivity (Wildman–Crippen MR) is 63.9 cm³/mol. The molecule has 0 bridgehead atoms. The molecule has 1 heterocycles. The molecule has 1 atom stereocenters. The van der Waals surface area contributed by atoms with E-state index in [9.17, 15) is 0 Å². The van der Waals surface area contributed by atoms with E-state index in [0.29, 0.717) is 0 Å². The Morgan fingerprint density at radius 2 is 2.29 bits per heavy atom. The maximum Gasteiger partial charge on any atom is 0.156 e. The van der Waals surface area contributed by atoms with Crippen LogP contribution < -0.4 is 5.32 Å².